The summed E-state index contributed by atoms with van der Waals surface area (Å²) in [5.41, 5.74) is 3.65. The van der Waals surface area contributed by atoms with Crippen molar-refractivity contribution in [3.63, 3.8) is 0 Å². The van der Waals surface area contributed by atoms with Crippen molar-refractivity contribution >= 4 is 0 Å². The smallest absolute Gasteiger partial charge is 0.0241 e. The van der Waals surface area contributed by atoms with Crippen LogP contribution < -0.4 is 11.3 Å². The lowest BCUT2D eigenvalue weighted by Gasteiger charge is -2.38. The van der Waals surface area contributed by atoms with E-state index < -0.39 is 0 Å². The van der Waals surface area contributed by atoms with E-state index in [2.05, 4.69) is 33.1 Å². The van der Waals surface area contributed by atoms with Crippen LogP contribution in [-0.4, -0.2) is 6.04 Å². The van der Waals surface area contributed by atoms with Crippen molar-refractivity contribution in [3.05, 3.63) is 0 Å². The van der Waals surface area contributed by atoms with Crippen LogP contribution in [-0.2, 0) is 0 Å². The van der Waals surface area contributed by atoms with E-state index in [0.717, 1.165) is 11.8 Å². The Bertz CT molecular complexity index is 203. The fourth-order valence-electron chi connectivity index (χ4n) is 3.26. The van der Waals surface area contributed by atoms with Crippen molar-refractivity contribution in [1.82, 2.24) is 5.43 Å². The summed E-state index contributed by atoms with van der Waals surface area (Å²) in [6.07, 6.45) is 9.28. The molecule has 3 N–H and O–H groups in total. The maximum absolute atomic E-state index is 5.77. The Morgan fingerprint density at radius 1 is 1.29 bits per heavy atom. The van der Waals surface area contributed by atoms with Gasteiger partial charge in [-0.2, -0.15) is 0 Å². The molecule has 1 rings (SSSR count). The minimum Gasteiger partial charge on any atom is -0.271 e. The third-order valence-electron chi connectivity index (χ3n) is 4.60. The van der Waals surface area contributed by atoms with Crippen molar-refractivity contribution < 1.29 is 0 Å². The zero-order valence-corrected chi connectivity index (χ0v) is 12.3. The SMILES string of the molecule is CCCC(C)CC(NN)C1CCC(C)(C)CC1. The summed E-state index contributed by atoms with van der Waals surface area (Å²) in [7, 11) is 0. The van der Waals surface area contributed by atoms with Gasteiger partial charge in [-0.25, -0.2) is 0 Å². The number of hydrogen-bond donors (Lipinski definition) is 2. The van der Waals surface area contributed by atoms with Crippen LogP contribution >= 0.6 is 0 Å². The summed E-state index contributed by atoms with van der Waals surface area (Å²) in [6.45, 7) is 9.42. The van der Waals surface area contributed by atoms with Crippen molar-refractivity contribution in [2.75, 3.05) is 0 Å². The molecule has 0 aromatic rings. The first kappa shape index (κ1) is 15.0. The van der Waals surface area contributed by atoms with Gasteiger partial charge < -0.3 is 0 Å². The van der Waals surface area contributed by atoms with Crippen LogP contribution in [0.1, 0.15) is 72.6 Å². The molecule has 0 saturated heterocycles. The zero-order chi connectivity index (χ0) is 12.9. The molecule has 0 bridgehead atoms. The number of hydrazine groups is 1. The van der Waals surface area contributed by atoms with Crippen LogP contribution in [0.3, 0.4) is 0 Å². The lowest BCUT2D eigenvalue weighted by Crippen LogP contribution is -2.43. The third-order valence-corrected chi connectivity index (χ3v) is 4.60. The Kier molecular flexibility index (Phi) is 5.94. The van der Waals surface area contributed by atoms with E-state index in [1.807, 2.05) is 0 Å². The Morgan fingerprint density at radius 3 is 2.35 bits per heavy atom. The molecule has 0 aliphatic heterocycles. The Hall–Kier alpha value is -0.0800. The van der Waals surface area contributed by atoms with Crippen molar-refractivity contribution in [1.29, 1.82) is 0 Å². The fraction of sp³-hybridized carbons (Fsp3) is 1.00. The predicted molar refractivity (Wildman–Crippen MR) is 75.5 cm³/mol. The van der Waals surface area contributed by atoms with Crippen LogP contribution in [0.2, 0.25) is 0 Å². The first-order valence-electron chi connectivity index (χ1n) is 7.44. The molecule has 1 aliphatic rings. The molecule has 102 valence electrons. The Balaban J connectivity index is 2.40. The van der Waals surface area contributed by atoms with Gasteiger partial charge in [-0.05, 0) is 49.4 Å². The van der Waals surface area contributed by atoms with Gasteiger partial charge in [0.1, 0.15) is 0 Å². The molecule has 0 aromatic heterocycles. The van der Waals surface area contributed by atoms with Crippen LogP contribution in [0.5, 0.6) is 0 Å². The molecule has 0 radical (unpaired) electrons. The summed E-state index contributed by atoms with van der Waals surface area (Å²) in [5.74, 6) is 7.37. The number of rotatable bonds is 6. The second kappa shape index (κ2) is 6.75. The van der Waals surface area contributed by atoms with Gasteiger partial charge >= 0.3 is 0 Å². The fourth-order valence-corrected chi connectivity index (χ4v) is 3.26. The van der Waals surface area contributed by atoms with Crippen LogP contribution in [0.15, 0.2) is 0 Å². The lowest BCUT2D eigenvalue weighted by molar-refractivity contribution is 0.150. The molecule has 1 aliphatic carbocycles. The van der Waals surface area contributed by atoms with Crippen molar-refractivity contribution in [3.8, 4) is 0 Å². The average molecular weight is 240 g/mol. The maximum atomic E-state index is 5.77. The highest BCUT2D eigenvalue weighted by molar-refractivity contribution is 4.85. The second-order valence-corrected chi connectivity index (χ2v) is 6.90. The van der Waals surface area contributed by atoms with E-state index in [0.29, 0.717) is 11.5 Å². The predicted octanol–water partition coefficient (Wildman–Crippen LogP) is 3.86. The summed E-state index contributed by atoms with van der Waals surface area (Å²) < 4.78 is 0. The Morgan fingerprint density at radius 2 is 1.88 bits per heavy atom. The average Bonchev–Trinajstić information content (AvgIpc) is 2.27. The molecule has 1 fully saturated rings. The number of nitrogens with two attached hydrogens (primary N) is 1. The van der Waals surface area contributed by atoms with Gasteiger partial charge in [0.25, 0.3) is 0 Å². The Labute approximate surface area is 108 Å². The summed E-state index contributed by atoms with van der Waals surface area (Å²) in [6, 6.07) is 0.535. The highest BCUT2D eigenvalue weighted by Gasteiger charge is 2.31. The molecule has 2 atom stereocenters. The standard InChI is InChI=1S/C15H32N2/c1-5-6-12(2)11-14(17-16)13-7-9-15(3,4)10-8-13/h12-14,17H,5-11,16H2,1-4H3. The molecular formula is C15H32N2. The lowest BCUT2D eigenvalue weighted by atomic mass is 9.70. The monoisotopic (exact) mass is 240 g/mol. The van der Waals surface area contributed by atoms with Crippen LogP contribution in [0.4, 0.5) is 0 Å². The third kappa shape index (κ3) is 4.97. The van der Waals surface area contributed by atoms with E-state index in [9.17, 15) is 0 Å². The maximum Gasteiger partial charge on any atom is 0.0241 e. The number of nitrogens with one attached hydrogen (secondary N) is 1. The molecule has 1 saturated carbocycles. The highest BCUT2D eigenvalue weighted by Crippen LogP contribution is 2.40. The number of hydrogen-bond acceptors (Lipinski definition) is 2. The van der Waals surface area contributed by atoms with Gasteiger partial charge in [0.15, 0.2) is 0 Å². The van der Waals surface area contributed by atoms with E-state index in [-0.39, 0.29) is 0 Å². The molecular weight excluding hydrogens is 208 g/mol. The van der Waals surface area contributed by atoms with Gasteiger partial charge in [-0.1, -0.05) is 40.5 Å². The second-order valence-electron chi connectivity index (χ2n) is 6.90. The molecule has 0 amide bonds. The van der Waals surface area contributed by atoms with E-state index >= 15 is 0 Å². The van der Waals surface area contributed by atoms with Crippen molar-refractivity contribution in [2.45, 2.75) is 78.7 Å². The van der Waals surface area contributed by atoms with Gasteiger partial charge in [0.05, 0.1) is 0 Å². The molecule has 2 nitrogen and oxygen atoms in total. The molecule has 2 heteroatoms. The molecule has 17 heavy (non-hydrogen) atoms. The minimum atomic E-state index is 0.535. The molecule has 0 aromatic carbocycles. The van der Waals surface area contributed by atoms with Crippen LogP contribution in [0, 0.1) is 17.3 Å². The normalized spacial score (nSPS) is 24.5. The molecule has 0 spiro atoms. The molecule has 0 heterocycles. The van der Waals surface area contributed by atoms with Crippen molar-refractivity contribution in [2.24, 2.45) is 23.1 Å². The summed E-state index contributed by atoms with van der Waals surface area (Å²) in [5, 5.41) is 0. The first-order chi connectivity index (χ1) is 7.98. The van der Waals surface area contributed by atoms with Gasteiger partial charge in [-0.15, -0.1) is 0 Å². The summed E-state index contributed by atoms with van der Waals surface area (Å²) in [4.78, 5) is 0. The first-order valence-corrected chi connectivity index (χ1v) is 7.44. The largest absolute Gasteiger partial charge is 0.271 e. The van der Waals surface area contributed by atoms with E-state index in [4.69, 9.17) is 5.84 Å². The topological polar surface area (TPSA) is 38.0 Å². The van der Waals surface area contributed by atoms with Gasteiger partial charge in [0.2, 0.25) is 0 Å². The van der Waals surface area contributed by atoms with Crippen LogP contribution in [0.25, 0.3) is 0 Å². The van der Waals surface area contributed by atoms with Gasteiger partial charge in [-0.3, -0.25) is 11.3 Å². The van der Waals surface area contributed by atoms with Gasteiger partial charge in [0, 0.05) is 6.04 Å². The highest BCUT2D eigenvalue weighted by atomic mass is 15.2. The molecule has 2 unspecified atom stereocenters. The zero-order valence-electron chi connectivity index (χ0n) is 12.3. The van der Waals surface area contributed by atoms with E-state index in [1.54, 1.807) is 0 Å². The van der Waals surface area contributed by atoms with E-state index in [1.165, 1.54) is 44.9 Å². The quantitative estimate of drug-likeness (QED) is 0.546. The summed E-state index contributed by atoms with van der Waals surface area (Å²) >= 11 is 0. The minimum absolute atomic E-state index is 0.535.